The summed E-state index contributed by atoms with van der Waals surface area (Å²) >= 11 is 7.86. The van der Waals surface area contributed by atoms with Crippen LogP contribution in [0.4, 0.5) is 21.0 Å². The average Bonchev–Trinajstić information content (AvgIpc) is 1.31. The highest BCUT2D eigenvalue weighted by molar-refractivity contribution is 14.1. The number of halogens is 1. The molecule has 4 heterocycles. The van der Waals surface area contributed by atoms with E-state index in [0.717, 1.165) is 9.13 Å². The third-order valence-corrected chi connectivity index (χ3v) is 22.4. The molecule has 1 saturated heterocycles. The number of aliphatic carboxylic acids is 4. The topological polar surface area (TPSA) is 648 Å². The number of rotatable bonds is 76. The van der Waals surface area contributed by atoms with Crippen molar-refractivity contribution in [2.24, 2.45) is 0 Å². The lowest BCUT2D eigenvalue weighted by Gasteiger charge is -2.23. The van der Waals surface area contributed by atoms with E-state index in [1.54, 1.807) is 53.3 Å². The third-order valence-electron chi connectivity index (χ3n) is 21.4. The number of nitrogens with one attached hydrogen (secondary N) is 10. The predicted octanol–water partition coefficient (Wildman–Crippen LogP) is 3.30. The summed E-state index contributed by atoms with van der Waals surface area (Å²) in [5.74, 6) is -8.97. The first-order valence-electron chi connectivity index (χ1n) is 49.2. The number of unbranched alkanes of at least 4 members (excludes halogenated alkanes) is 3. The molecule has 0 aliphatic carbocycles. The molecular weight excluding hydrogens is 2080 g/mol. The molecule has 0 radical (unpaired) electrons. The number of hydrogen-bond acceptors (Lipinski definition) is 34. The minimum absolute atomic E-state index is 0.00784. The minimum atomic E-state index is -1.54. The number of aromatic carboxylic acids is 2. The lowest BCUT2D eigenvalue weighted by Crippen LogP contribution is -2.51. The Morgan fingerprint density at radius 3 is 1.33 bits per heavy atom. The molecule has 1 fully saturated rings. The molecule has 16 N–H and O–H groups in total. The molecule has 0 saturated carbocycles. The predicted molar refractivity (Wildman–Crippen MR) is 544 cm³/mol. The Balaban J connectivity index is 0.827. The number of hydrogen-bond donors (Lipinski definition) is 16. The molecule has 4 atom stereocenters. The van der Waals surface area contributed by atoms with E-state index in [0.29, 0.717) is 237 Å². The van der Waals surface area contributed by atoms with E-state index in [2.05, 4.69) is 101 Å². The molecule has 8 amide bonds. The van der Waals surface area contributed by atoms with Gasteiger partial charge in [0.1, 0.15) is 35.6 Å². The number of carbonyl (C=O) groups excluding carboxylic acids is 6. The van der Waals surface area contributed by atoms with Gasteiger partial charge in [-0.1, -0.05) is 35.5 Å². The first-order valence-corrected chi connectivity index (χ1v) is 50.7. The van der Waals surface area contributed by atoms with E-state index in [9.17, 15) is 83.1 Å². The highest BCUT2D eigenvalue weighted by Gasteiger charge is 2.28. The van der Waals surface area contributed by atoms with Crippen molar-refractivity contribution in [2.45, 2.75) is 134 Å². The SMILES string of the molecule is O=C(O)CC[C@H](NC(=O)N[C@@H](CCCCNC(=O)Nc1cccc(-c2cn(CCOCCOCCOCCC(=O)N[C@@H](CCCCNC(=S)Nc3cc(CN4CCOCCOCCN(Cc5cccc(C(=O)O)n5)CCOCCOCC4)nc(C(=O)O)c3)C(=O)NCCOCCOCCOCCOCCOCCOCCOCCOCCC(=O)N[C@@H](CCCCNC(=O)Cc3ccc(I)cc3)C(=O)O)nn2)c1)C(=O)O)C(=O)O. The molecule has 0 unspecified atom stereocenters. The molecule has 6 rings (SSSR count). The Hall–Kier alpha value is -11.1. The van der Waals surface area contributed by atoms with Crippen LogP contribution in [0.5, 0.6) is 0 Å². The number of carbonyl (C=O) groups is 12. The van der Waals surface area contributed by atoms with Crippen LogP contribution < -0.4 is 53.2 Å². The van der Waals surface area contributed by atoms with Crippen molar-refractivity contribution >= 4 is 123 Å². The standard InChI is InChI=1S/C96H144IN17O33S/c97-72-18-16-70(17-19-72)63-86(117)98-24-4-2-13-79(90(123)124)107-85(116)23-34-134-42-50-142-53-55-144-57-59-146-61-62-147-60-58-145-56-54-143-51-43-135-35-27-99-88(120)77(12-1-6-26-101-96(148)105-75-65-76(103-82(66-75)93(129)130)68-113-30-38-138-46-44-136-36-28-112(29-37-137-45-47-139-39-31-113)67-74-11-8-15-78(102-74)89(121)122)106-84(115)22-33-133-41-49-141-52-48-140-40-32-114-69-83(110-111-114)71-9-7-10-73(64-71)104-94(131)100-25-5-3-14-80(91(125)126)108-95(132)109-81(92(127)128)20-21-87(118)119/h7-11,15-19,64-66,69,77,79-81H,1-6,12-14,20-63,67-68H2,(H,98,117)(H,99,120)(H,106,115)(H,107,116)(H,118,119)(H,121,122)(H,123,124)(H,125,126)(H,127,128)(H,129,130)(H2,100,104,131)(H2,108,109,132)(H2,101,103,105,148)/t77-,79-,80-,81-/m0/s1. The summed E-state index contributed by atoms with van der Waals surface area (Å²) in [6.45, 7) is 12.7. The van der Waals surface area contributed by atoms with E-state index in [1.807, 2.05) is 29.2 Å². The van der Waals surface area contributed by atoms with Crippen molar-refractivity contribution < 1.29 is 159 Å². The van der Waals surface area contributed by atoms with Crippen LogP contribution in [-0.2, 0) is 135 Å². The van der Waals surface area contributed by atoms with Gasteiger partial charge < -0.3 is 155 Å². The molecule has 52 heteroatoms. The Kier molecular flexibility index (Phi) is 67.0. The number of nitrogens with zero attached hydrogens (tertiary/aromatic N) is 7. The molecular formula is C96H144IN17O33S. The van der Waals surface area contributed by atoms with Gasteiger partial charge in [0.2, 0.25) is 23.6 Å². The van der Waals surface area contributed by atoms with Crippen LogP contribution in [0.3, 0.4) is 0 Å². The molecule has 1 aliphatic heterocycles. The van der Waals surface area contributed by atoms with Crippen LogP contribution in [0.2, 0.25) is 0 Å². The maximum absolute atomic E-state index is 13.7. The molecule has 0 bridgehead atoms. The fraction of sp³-hybridized carbons (Fsp3) is 0.615. The highest BCUT2D eigenvalue weighted by Crippen LogP contribution is 2.22. The van der Waals surface area contributed by atoms with Crippen LogP contribution in [0.25, 0.3) is 11.3 Å². The largest absolute Gasteiger partial charge is 0.481 e. The smallest absolute Gasteiger partial charge is 0.354 e. The van der Waals surface area contributed by atoms with E-state index in [4.69, 9.17) is 88.4 Å². The maximum Gasteiger partial charge on any atom is 0.354 e. The number of urea groups is 2. The zero-order valence-electron chi connectivity index (χ0n) is 83.4. The number of ether oxygens (including phenoxy) is 15. The summed E-state index contributed by atoms with van der Waals surface area (Å²) in [6.07, 6.45) is 4.06. The van der Waals surface area contributed by atoms with Gasteiger partial charge in [-0.05, 0) is 153 Å². The highest BCUT2D eigenvalue weighted by atomic mass is 127. The van der Waals surface area contributed by atoms with Gasteiger partial charge in [0.25, 0.3) is 0 Å². The Morgan fingerprint density at radius 2 is 0.831 bits per heavy atom. The summed E-state index contributed by atoms with van der Waals surface area (Å²) in [6, 6.07) is 16.0. The summed E-state index contributed by atoms with van der Waals surface area (Å²) in [4.78, 5) is 159. The number of carboxylic acid groups (broad SMARTS) is 6. The van der Waals surface area contributed by atoms with Gasteiger partial charge in [-0.25, -0.2) is 48.2 Å². The van der Waals surface area contributed by atoms with Gasteiger partial charge in [0.05, 0.1) is 229 Å². The first kappa shape index (κ1) is 126. The first-order chi connectivity index (χ1) is 71.7. The van der Waals surface area contributed by atoms with Crippen molar-refractivity contribution in [3.63, 3.8) is 0 Å². The van der Waals surface area contributed by atoms with Crippen LogP contribution in [0.15, 0.2) is 85.1 Å². The normalized spacial score (nSPS) is 13.9. The van der Waals surface area contributed by atoms with E-state index in [-0.39, 0.29) is 166 Å². The van der Waals surface area contributed by atoms with Crippen molar-refractivity contribution in [2.75, 3.05) is 261 Å². The summed E-state index contributed by atoms with van der Waals surface area (Å²) in [5, 5.41) is 92.5. The van der Waals surface area contributed by atoms with Gasteiger partial charge in [0.15, 0.2) is 10.8 Å². The minimum Gasteiger partial charge on any atom is -0.481 e. The molecule has 824 valence electrons. The third kappa shape index (κ3) is 61.1. The van der Waals surface area contributed by atoms with Gasteiger partial charge in [-0.3, -0.25) is 33.8 Å². The lowest BCUT2D eigenvalue weighted by atomic mass is 10.1. The summed E-state index contributed by atoms with van der Waals surface area (Å²) in [7, 11) is 0. The van der Waals surface area contributed by atoms with Crippen LogP contribution in [0.1, 0.15) is 121 Å². The molecule has 3 aromatic heterocycles. The monoisotopic (exact) mass is 2220 g/mol. The Morgan fingerprint density at radius 1 is 0.392 bits per heavy atom. The van der Waals surface area contributed by atoms with Crippen molar-refractivity contribution in [1.29, 1.82) is 0 Å². The zero-order chi connectivity index (χ0) is 107. The molecule has 2 aromatic carbocycles. The average molecular weight is 2220 g/mol. The molecule has 5 aromatic rings. The number of anilines is 2. The maximum atomic E-state index is 13.7. The molecule has 50 nitrogen and oxygen atoms in total. The number of carboxylic acids is 6. The van der Waals surface area contributed by atoms with E-state index >= 15 is 0 Å². The van der Waals surface area contributed by atoms with E-state index < -0.39 is 103 Å². The van der Waals surface area contributed by atoms with Crippen LogP contribution >= 0.6 is 34.8 Å². The Labute approximate surface area is 877 Å². The number of aromatic nitrogens is 5. The van der Waals surface area contributed by atoms with Crippen LogP contribution in [0, 0.1) is 3.57 Å². The van der Waals surface area contributed by atoms with Gasteiger partial charge >= 0.3 is 47.9 Å². The summed E-state index contributed by atoms with van der Waals surface area (Å²) in [5.41, 5.74) is 3.75. The van der Waals surface area contributed by atoms with E-state index in [1.165, 1.54) is 12.1 Å². The lowest BCUT2D eigenvalue weighted by molar-refractivity contribution is -0.142. The second-order valence-corrected chi connectivity index (χ2v) is 34.8. The second-order valence-electron chi connectivity index (χ2n) is 33.1. The molecule has 1 aliphatic rings. The van der Waals surface area contributed by atoms with Gasteiger partial charge in [-0.15, -0.1) is 5.10 Å². The molecule has 0 spiro atoms. The Bertz CT molecular complexity index is 4680. The number of amides is 8. The second kappa shape index (κ2) is 79.0. The van der Waals surface area contributed by atoms with Crippen molar-refractivity contribution in [3.8, 4) is 11.3 Å². The fourth-order valence-electron chi connectivity index (χ4n) is 13.7. The number of benzene rings is 2. The number of pyridine rings is 2. The van der Waals surface area contributed by atoms with Crippen molar-refractivity contribution in [3.05, 3.63) is 117 Å². The molecule has 148 heavy (non-hydrogen) atoms. The van der Waals surface area contributed by atoms with Gasteiger partial charge in [0, 0.05) is 105 Å². The van der Waals surface area contributed by atoms with Crippen molar-refractivity contribution in [1.82, 2.24) is 77.3 Å². The van der Waals surface area contributed by atoms with Gasteiger partial charge in [-0.2, -0.15) is 0 Å². The van der Waals surface area contributed by atoms with Crippen LogP contribution in [-0.4, -0.2) is 417 Å². The quantitative estimate of drug-likeness (QED) is 0.0151. The zero-order valence-corrected chi connectivity index (χ0v) is 86.4. The summed E-state index contributed by atoms with van der Waals surface area (Å²) < 4.78 is 88.1. The fourth-order valence-corrected chi connectivity index (χ4v) is 14.3. The number of thiocarbonyl (C=S) groups is 1.